The average Bonchev–Trinajstić information content (AvgIpc) is 2.83. The molecular formula is C19H25N3O3. The molecule has 134 valence electrons. The predicted octanol–water partition coefficient (Wildman–Crippen LogP) is 2.64. The number of nitrogens with one attached hydrogen (secondary N) is 1. The number of carbonyl (C=O) groups excluding carboxylic acids is 2. The summed E-state index contributed by atoms with van der Waals surface area (Å²) in [4.78, 5) is 31.0. The van der Waals surface area contributed by atoms with Crippen LogP contribution in [0.15, 0.2) is 29.3 Å². The van der Waals surface area contributed by atoms with Crippen molar-refractivity contribution in [3.8, 4) is 0 Å². The molecule has 2 aliphatic rings. The van der Waals surface area contributed by atoms with E-state index >= 15 is 0 Å². The number of amides is 2. The number of rotatable bonds is 1. The van der Waals surface area contributed by atoms with Gasteiger partial charge in [0.2, 0.25) is 0 Å². The van der Waals surface area contributed by atoms with Gasteiger partial charge in [0.1, 0.15) is 17.0 Å². The fraction of sp³-hybridized carbons (Fsp3) is 0.526. The molecule has 0 saturated carbocycles. The van der Waals surface area contributed by atoms with Crippen LogP contribution in [0.4, 0.5) is 4.79 Å². The number of nitrogens with zero attached hydrogens (tertiary/aromatic N) is 2. The van der Waals surface area contributed by atoms with E-state index in [4.69, 9.17) is 9.73 Å². The molecular weight excluding hydrogens is 318 g/mol. The molecule has 2 amide bonds. The molecule has 2 aliphatic heterocycles. The fourth-order valence-electron chi connectivity index (χ4n) is 3.09. The van der Waals surface area contributed by atoms with Gasteiger partial charge >= 0.3 is 6.09 Å². The molecule has 1 N–H and O–H groups in total. The smallest absolute Gasteiger partial charge is 0.410 e. The van der Waals surface area contributed by atoms with E-state index < -0.39 is 11.3 Å². The maximum atomic E-state index is 12.4. The topological polar surface area (TPSA) is 71.0 Å². The molecule has 1 aromatic rings. The molecule has 0 bridgehead atoms. The number of hydrogen-bond donors (Lipinski definition) is 1. The molecule has 1 spiro atoms. The molecule has 6 heteroatoms. The van der Waals surface area contributed by atoms with Gasteiger partial charge in [-0.15, -0.1) is 0 Å². The average molecular weight is 343 g/mol. The first kappa shape index (κ1) is 17.5. The molecule has 6 nitrogen and oxygen atoms in total. The third-order valence-corrected chi connectivity index (χ3v) is 4.45. The van der Waals surface area contributed by atoms with E-state index in [0.717, 1.165) is 11.1 Å². The standard InChI is InChI=1S/C19H25N3O3/c1-13-5-7-14(8-6-13)15-16(23)21-19(20-15)9-11-22(12-10-19)17(24)25-18(2,3)4/h5-8H,9-12H2,1-4H3,(H,21,23). The highest BCUT2D eigenvalue weighted by molar-refractivity contribution is 6.46. The Kier molecular flexibility index (Phi) is 4.31. The van der Waals surface area contributed by atoms with Crippen molar-refractivity contribution >= 4 is 17.7 Å². The predicted molar refractivity (Wildman–Crippen MR) is 95.6 cm³/mol. The first-order valence-electron chi connectivity index (χ1n) is 8.65. The molecule has 0 radical (unpaired) electrons. The Labute approximate surface area is 148 Å². The zero-order valence-corrected chi connectivity index (χ0v) is 15.3. The van der Waals surface area contributed by atoms with Crippen LogP contribution < -0.4 is 5.32 Å². The maximum absolute atomic E-state index is 12.4. The summed E-state index contributed by atoms with van der Waals surface area (Å²) in [6.45, 7) is 8.59. The first-order valence-corrected chi connectivity index (χ1v) is 8.65. The van der Waals surface area contributed by atoms with E-state index in [0.29, 0.717) is 31.6 Å². The minimum absolute atomic E-state index is 0.144. The normalized spacial score (nSPS) is 19.6. The second-order valence-electron chi connectivity index (χ2n) is 7.78. The van der Waals surface area contributed by atoms with E-state index in [1.54, 1.807) is 4.90 Å². The first-order chi connectivity index (χ1) is 11.7. The number of benzene rings is 1. The van der Waals surface area contributed by atoms with Crippen LogP contribution in [-0.2, 0) is 9.53 Å². The second kappa shape index (κ2) is 6.17. The van der Waals surface area contributed by atoms with Crippen molar-refractivity contribution in [1.82, 2.24) is 10.2 Å². The van der Waals surface area contributed by atoms with Crippen LogP contribution in [0.25, 0.3) is 0 Å². The van der Waals surface area contributed by atoms with Crippen LogP contribution in [0.2, 0.25) is 0 Å². The van der Waals surface area contributed by atoms with Crippen LogP contribution in [0.3, 0.4) is 0 Å². The van der Waals surface area contributed by atoms with Crippen LogP contribution >= 0.6 is 0 Å². The van der Waals surface area contributed by atoms with Crippen molar-refractivity contribution in [1.29, 1.82) is 0 Å². The third-order valence-electron chi connectivity index (χ3n) is 4.45. The van der Waals surface area contributed by atoms with Gasteiger partial charge in [-0.05, 0) is 27.7 Å². The van der Waals surface area contributed by atoms with E-state index in [9.17, 15) is 9.59 Å². The monoisotopic (exact) mass is 343 g/mol. The minimum atomic E-state index is -0.601. The lowest BCUT2D eigenvalue weighted by molar-refractivity contribution is -0.115. The second-order valence-corrected chi connectivity index (χ2v) is 7.78. The van der Waals surface area contributed by atoms with Crippen molar-refractivity contribution in [3.63, 3.8) is 0 Å². The quantitative estimate of drug-likeness (QED) is 0.852. The van der Waals surface area contributed by atoms with Gasteiger partial charge in [0, 0.05) is 31.5 Å². The highest BCUT2D eigenvalue weighted by Crippen LogP contribution is 2.29. The van der Waals surface area contributed by atoms with Crippen LogP contribution in [0.5, 0.6) is 0 Å². The Morgan fingerprint density at radius 3 is 2.36 bits per heavy atom. The van der Waals surface area contributed by atoms with E-state index in [2.05, 4.69) is 5.32 Å². The summed E-state index contributed by atoms with van der Waals surface area (Å²) in [5.74, 6) is -0.144. The van der Waals surface area contributed by atoms with Gasteiger partial charge in [-0.25, -0.2) is 4.79 Å². The SMILES string of the molecule is Cc1ccc(C2=NC3(CCN(C(=O)OC(C)(C)C)CC3)NC2=O)cc1. The molecule has 1 fully saturated rings. The van der Waals surface area contributed by atoms with Gasteiger partial charge in [-0.3, -0.25) is 9.79 Å². The molecule has 3 rings (SSSR count). The summed E-state index contributed by atoms with van der Waals surface area (Å²) in [7, 11) is 0. The number of likely N-dealkylation sites (tertiary alicyclic amines) is 1. The van der Waals surface area contributed by atoms with Crippen molar-refractivity contribution < 1.29 is 14.3 Å². The summed E-state index contributed by atoms with van der Waals surface area (Å²) in [6, 6.07) is 7.79. The number of hydrogen-bond acceptors (Lipinski definition) is 4. The zero-order valence-electron chi connectivity index (χ0n) is 15.3. The van der Waals surface area contributed by atoms with Crippen LogP contribution in [-0.4, -0.2) is 47.0 Å². The van der Waals surface area contributed by atoms with Crippen LogP contribution in [0, 0.1) is 6.92 Å². The van der Waals surface area contributed by atoms with Gasteiger partial charge in [0.05, 0.1) is 0 Å². The molecule has 0 aromatic heterocycles. The number of carbonyl (C=O) groups is 2. The van der Waals surface area contributed by atoms with Crippen LogP contribution in [0.1, 0.15) is 44.7 Å². The number of ether oxygens (including phenoxy) is 1. The van der Waals surface area contributed by atoms with Crippen molar-refractivity contribution in [3.05, 3.63) is 35.4 Å². The molecule has 1 saturated heterocycles. The Morgan fingerprint density at radius 1 is 1.20 bits per heavy atom. The maximum Gasteiger partial charge on any atom is 0.410 e. The molecule has 1 aromatic carbocycles. The van der Waals surface area contributed by atoms with Crippen molar-refractivity contribution in [2.45, 2.75) is 51.8 Å². The van der Waals surface area contributed by atoms with Gasteiger partial charge in [-0.2, -0.15) is 0 Å². The van der Waals surface area contributed by atoms with Gasteiger partial charge in [-0.1, -0.05) is 29.8 Å². The highest BCUT2D eigenvalue weighted by Gasteiger charge is 2.43. The molecule has 2 heterocycles. The van der Waals surface area contributed by atoms with E-state index in [-0.39, 0.29) is 12.0 Å². The Morgan fingerprint density at radius 2 is 1.80 bits per heavy atom. The molecule has 0 aliphatic carbocycles. The molecule has 25 heavy (non-hydrogen) atoms. The lowest BCUT2D eigenvalue weighted by atomic mass is 9.98. The zero-order chi connectivity index (χ0) is 18.2. The van der Waals surface area contributed by atoms with E-state index in [1.807, 2.05) is 52.0 Å². The van der Waals surface area contributed by atoms with Crippen molar-refractivity contribution in [2.24, 2.45) is 4.99 Å². The summed E-state index contributed by atoms with van der Waals surface area (Å²) in [6.07, 6.45) is 0.871. The molecule has 0 unspecified atom stereocenters. The summed E-state index contributed by atoms with van der Waals surface area (Å²) >= 11 is 0. The summed E-state index contributed by atoms with van der Waals surface area (Å²) in [5, 5.41) is 3.02. The Balaban J connectivity index is 1.70. The molecule has 0 atom stereocenters. The summed E-state index contributed by atoms with van der Waals surface area (Å²) in [5.41, 5.74) is 1.34. The van der Waals surface area contributed by atoms with Gasteiger partial charge < -0.3 is 15.0 Å². The largest absolute Gasteiger partial charge is 0.444 e. The van der Waals surface area contributed by atoms with Crippen molar-refractivity contribution in [2.75, 3.05) is 13.1 Å². The highest BCUT2D eigenvalue weighted by atomic mass is 16.6. The lowest BCUT2D eigenvalue weighted by Crippen LogP contribution is -2.53. The van der Waals surface area contributed by atoms with Gasteiger partial charge in [0.25, 0.3) is 5.91 Å². The number of aryl methyl sites for hydroxylation is 1. The Bertz CT molecular complexity index is 708. The third kappa shape index (κ3) is 3.83. The van der Waals surface area contributed by atoms with E-state index in [1.165, 1.54) is 0 Å². The number of piperidine rings is 1. The lowest BCUT2D eigenvalue weighted by Gasteiger charge is -2.37. The summed E-state index contributed by atoms with van der Waals surface area (Å²) < 4.78 is 5.41. The Hall–Kier alpha value is -2.37. The fourth-order valence-corrected chi connectivity index (χ4v) is 3.09. The number of aliphatic imine (C=N–C) groups is 1. The van der Waals surface area contributed by atoms with Gasteiger partial charge in [0.15, 0.2) is 0 Å². The minimum Gasteiger partial charge on any atom is -0.444 e.